The van der Waals surface area contributed by atoms with Gasteiger partial charge in [-0.1, -0.05) is 17.7 Å². The Hall–Kier alpha value is -1.46. The summed E-state index contributed by atoms with van der Waals surface area (Å²) in [6.45, 7) is 0. The quantitative estimate of drug-likeness (QED) is 0.806. The van der Waals surface area contributed by atoms with Crippen LogP contribution in [0.1, 0.15) is 5.56 Å². The second kappa shape index (κ2) is 5.04. The van der Waals surface area contributed by atoms with Crippen LogP contribution in [0.15, 0.2) is 28.1 Å². The number of halogens is 1. The summed E-state index contributed by atoms with van der Waals surface area (Å²) in [4.78, 5) is 18.0. The summed E-state index contributed by atoms with van der Waals surface area (Å²) in [6, 6.07) is 4.80. The number of carbonyl (C=O) groups excluding carboxylic acids is 1. The number of nitrogens with zero attached hydrogens (tertiary/aromatic N) is 2. The highest BCUT2D eigenvalue weighted by molar-refractivity contribution is 8.18. The molecule has 0 bridgehead atoms. The van der Waals surface area contributed by atoms with Crippen LogP contribution in [-0.4, -0.2) is 35.2 Å². The number of amidine groups is 1. The van der Waals surface area contributed by atoms with E-state index >= 15 is 0 Å². The summed E-state index contributed by atoms with van der Waals surface area (Å²) in [6.07, 6.45) is 1.73. The molecule has 18 heavy (non-hydrogen) atoms. The lowest BCUT2D eigenvalue weighted by molar-refractivity contribution is -0.121. The molecule has 4 nitrogen and oxygen atoms in total. The molecular formula is C12H11ClN2O2S. The Morgan fingerprint density at radius 2 is 2.22 bits per heavy atom. The fraction of sp³-hybridized carbons (Fsp3) is 0.167. The molecule has 1 N–H and O–H groups in total. The number of hydrogen-bond acceptors (Lipinski definition) is 4. The van der Waals surface area contributed by atoms with E-state index in [0.29, 0.717) is 10.1 Å². The number of thioether (sulfide) groups is 1. The van der Waals surface area contributed by atoms with E-state index in [4.69, 9.17) is 11.6 Å². The van der Waals surface area contributed by atoms with Crippen LogP contribution < -0.4 is 0 Å². The van der Waals surface area contributed by atoms with E-state index in [9.17, 15) is 9.90 Å². The summed E-state index contributed by atoms with van der Waals surface area (Å²) < 4.78 is 0. The van der Waals surface area contributed by atoms with Gasteiger partial charge in [0.2, 0.25) is 0 Å². The molecule has 0 aliphatic carbocycles. The fourth-order valence-electron chi connectivity index (χ4n) is 1.51. The van der Waals surface area contributed by atoms with Crippen molar-refractivity contribution in [2.45, 2.75) is 0 Å². The maximum atomic E-state index is 11.9. The lowest BCUT2D eigenvalue weighted by atomic mass is 10.2. The molecule has 0 spiro atoms. The normalized spacial score (nSPS) is 20.2. The van der Waals surface area contributed by atoms with Gasteiger partial charge in [-0.3, -0.25) is 14.7 Å². The highest BCUT2D eigenvalue weighted by atomic mass is 35.5. The summed E-state index contributed by atoms with van der Waals surface area (Å²) in [5.74, 6) is -0.0676. The van der Waals surface area contributed by atoms with Gasteiger partial charge in [-0.15, -0.1) is 0 Å². The van der Waals surface area contributed by atoms with Gasteiger partial charge in [-0.25, -0.2) is 0 Å². The van der Waals surface area contributed by atoms with E-state index in [-0.39, 0.29) is 16.7 Å². The summed E-state index contributed by atoms with van der Waals surface area (Å²) in [7, 11) is 3.33. The number of phenolic OH excluding ortho intramolecular Hbond substituents is 1. The molecule has 1 aromatic carbocycles. The third kappa shape index (κ3) is 2.37. The Balaban J connectivity index is 2.34. The molecule has 0 atom stereocenters. The molecule has 1 aromatic rings. The van der Waals surface area contributed by atoms with Crippen molar-refractivity contribution in [2.75, 3.05) is 14.1 Å². The van der Waals surface area contributed by atoms with Crippen LogP contribution in [0.25, 0.3) is 6.08 Å². The van der Waals surface area contributed by atoms with Gasteiger partial charge in [0.1, 0.15) is 5.75 Å². The van der Waals surface area contributed by atoms with Crippen LogP contribution >= 0.6 is 23.4 Å². The Morgan fingerprint density at radius 3 is 2.78 bits per heavy atom. The zero-order valence-corrected chi connectivity index (χ0v) is 11.4. The molecule has 94 valence electrons. The number of carbonyl (C=O) groups is 1. The molecule has 1 fully saturated rings. The Bertz CT molecular complexity index is 569. The Morgan fingerprint density at radius 1 is 1.50 bits per heavy atom. The largest absolute Gasteiger partial charge is 0.506 e. The lowest BCUT2D eigenvalue weighted by Crippen LogP contribution is -2.23. The van der Waals surface area contributed by atoms with Gasteiger partial charge in [0, 0.05) is 14.1 Å². The topological polar surface area (TPSA) is 52.9 Å². The van der Waals surface area contributed by atoms with Gasteiger partial charge in [0.05, 0.1) is 9.93 Å². The van der Waals surface area contributed by atoms with Crippen molar-refractivity contribution >= 4 is 40.5 Å². The molecule has 1 amide bonds. The van der Waals surface area contributed by atoms with Crippen molar-refractivity contribution in [3.8, 4) is 5.75 Å². The lowest BCUT2D eigenvalue weighted by Gasteiger charge is -2.05. The molecular weight excluding hydrogens is 272 g/mol. The molecule has 0 aromatic heterocycles. The maximum absolute atomic E-state index is 11.9. The molecule has 6 heteroatoms. The van der Waals surface area contributed by atoms with Gasteiger partial charge in [-0.2, -0.15) is 0 Å². The smallest absolute Gasteiger partial charge is 0.266 e. The van der Waals surface area contributed by atoms with Gasteiger partial charge in [0.15, 0.2) is 5.17 Å². The molecule has 1 aliphatic heterocycles. The fourth-order valence-corrected chi connectivity index (χ4v) is 2.63. The van der Waals surface area contributed by atoms with E-state index in [1.54, 1.807) is 32.3 Å². The van der Waals surface area contributed by atoms with Crippen molar-refractivity contribution in [1.29, 1.82) is 0 Å². The zero-order chi connectivity index (χ0) is 13.3. The Labute approximate surface area is 114 Å². The van der Waals surface area contributed by atoms with E-state index in [2.05, 4.69) is 4.99 Å². The second-order valence-electron chi connectivity index (χ2n) is 3.69. The second-order valence-corrected chi connectivity index (χ2v) is 5.11. The highest BCUT2D eigenvalue weighted by Gasteiger charge is 2.29. The highest BCUT2D eigenvalue weighted by Crippen LogP contribution is 2.32. The van der Waals surface area contributed by atoms with Crippen molar-refractivity contribution in [1.82, 2.24) is 4.90 Å². The van der Waals surface area contributed by atoms with Crippen LogP contribution in [0.4, 0.5) is 0 Å². The molecule has 1 aliphatic rings. The van der Waals surface area contributed by atoms with E-state index < -0.39 is 0 Å². The minimum atomic E-state index is -0.0928. The molecule has 1 heterocycles. The minimum Gasteiger partial charge on any atom is -0.506 e. The van der Waals surface area contributed by atoms with Crippen LogP contribution in [0.5, 0.6) is 5.75 Å². The van der Waals surface area contributed by atoms with E-state index in [0.717, 1.165) is 5.56 Å². The van der Waals surface area contributed by atoms with Gasteiger partial charge < -0.3 is 5.11 Å². The monoisotopic (exact) mass is 282 g/mol. The van der Waals surface area contributed by atoms with E-state index in [1.807, 2.05) is 0 Å². The Kier molecular flexibility index (Phi) is 3.63. The maximum Gasteiger partial charge on any atom is 0.266 e. The first-order valence-corrected chi connectivity index (χ1v) is 6.35. The van der Waals surface area contributed by atoms with Crippen molar-refractivity contribution < 1.29 is 9.90 Å². The number of phenols is 1. The number of hydrogen-bond donors (Lipinski definition) is 1. The average Bonchev–Trinajstić information content (AvgIpc) is 2.62. The third-order valence-electron chi connectivity index (χ3n) is 2.46. The third-order valence-corrected chi connectivity index (χ3v) is 3.92. The molecule has 2 rings (SSSR count). The van der Waals surface area contributed by atoms with Crippen molar-refractivity contribution in [2.24, 2.45) is 4.99 Å². The summed E-state index contributed by atoms with van der Waals surface area (Å²) in [5, 5.41) is 10.3. The number of benzene rings is 1. The first kappa shape index (κ1) is 13.0. The van der Waals surface area contributed by atoms with Crippen molar-refractivity contribution in [3.05, 3.63) is 33.7 Å². The molecule has 1 saturated heterocycles. The zero-order valence-electron chi connectivity index (χ0n) is 9.85. The average molecular weight is 283 g/mol. The SMILES string of the molecule is CN=C1S/C(=C\c2ccc(O)c(Cl)c2)C(=O)N1C. The van der Waals surface area contributed by atoms with Gasteiger partial charge in [-0.05, 0) is 35.5 Å². The van der Waals surface area contributed by atoms with Crippen molar-refractivity contribution in [3.63, 3.8) is 0 Å². The van der Waals surface area contributed by atoms with Gasteiger partial charge >= 0.3 is 0 Å². The summed E-state index contributed by atoms with van der Waals surface area (Å²) in [5.41, 5.74) is 0.763. The van der Waals surface area contributed by atoms with E-state index in [1.165, 1.54) is 22.7 Å². The van der Waals surface area contributed by atoms with Crippen LogP contribution in [0.3, 0.4) is 0 Å². The first-order chi connectivity index (χ1) is 8.52. The predicted octanol–water partition coefficient (Wildman–Crippen LogP) is 2.58. The van der Waals surface area contributed by atoms with Crippen LogP contribution in [0, 0.1) is 0 Å². The standard InChI is InChI=1S/C12H11ClN2O2S/c1-14-12-15(2)11(17)10(18-12)6-7-3-4-9(16)8(13)5-7/h3-6,16H,1-2H3/b10-6-,14-12?. The summed E-state index contributed by atoms with van der Waals surface area (Å²) >= 11 is 7.13. The first-order valence-electron chi connectivity index (χ1n) is 5.16. The van der Waals surface area contributed by atoms with Crippen LogP contribution in [-0.2, 0) is 4.79 Å². The number of rotatable bonds is 1. The number of aliphatic imine (C=N–C) groups is 1. The number of amides is 1. The number of likely N-dealkylation sites (N-methyl/N-ethyl adjacent to an activating group) is 1. The molecule has 0 saturated carbocycles. The minimum absolute atomic E-state index is 0.0251. The predicted molar refractivity (Wildman–Crippen MR) is 74.8 cm³/mol. The molecule has 0 unspecified atom stereocenters. The van der Waals surface area contributed by atoms with Crippen LogP contribution in [0.2, 0.25) is 5.02 Å². The molecule has 0 radical (unpaired) electrons. The number of aromatic hydroxyl groups is 1. The van der Waals surface area contributed by atoms with Gasteiger partial charge in [0.25, 0.3) is 5.91 Å².